The molecule has 0 radical (unpaired) electrons. The van der Waals surface area contributed by atoms with Crippen molar-refractivity contribution >= 4 is 17.2 Å². The Morgan fingerprint density at radius 2 is 2.00 bits per heavy atom. The van der Waals surface area contributed by atoms with Crippen LogP contribution in [0.1, 0.15) is 30.4 Å². The van der Waals surface area contributed by atoms with E-state index in [0.29, 0.717) is 12.1 Å². The number of hydrogen-bond donors (Lipinski definition) is 1. The number of aryl methyl sites for hydroxylation is 1. The molecule has 2 aromatic carbocycles. The van der Waals surface area contributed by atoms with Crippen LogP contribution in [0.4, 0.5) is 11.4 Å². The van der Waals surface area contributed by atoms with Gasteiger partial charge < -0.3 is 5.11 Å². The van der Waals surface area contributed by atoms with E-state index < -0.39 is 10.6 Å². The maximum atomic E-state index is 11.6. The van der Waals surface area contributed by atoms with Crippen molar-refractivity contribution in [2.24, 2.45) is 0 Å². The second kappa shape index (κ2) is 6.21. The van der Waals surface area contributed by atoms with Gasteiger partial charge in [-0.1, -0.05) is 24.3 Å². The van der Waals surface area contributed by atoms with Crippen molar-refractivity contribution in [2.45, 2.75) is 31.9 Å². The topological polar surface area (TPSA) is 69.6 Å². The first kappa shape index (κ1) is 16.7. The van der Waals surface area contributed by atoms with Crippen LogP contribution in [0.5, 0.6) is 0 Å². The van der Waals surface area contributed by atoms with Gasteiger partial charge in [-0.05, 0) is 37.5 Å². The number of rotatable bonds is 3. The van der Waals surface area contributed by atoms with Gasteiger partial charge in [-0.25, -0.2) is 9.48 Å². The molecule has 26 heavy (non-hydrogen) atoms. The number of benzene rings is 2. The molecule has 2 heterocycles. The lowest BCUT2D eigenvalue weighted by Gasteiger charge is -2.24. The minimum absolute atomic E-state index is 0.00323. The molecule has 0 bridgehead atoms. The quantitative estimate of drug-likeness (QED) is 0.523. The first-order chi connectivity index (χ1) is 12.5. The predicted octanol–water partition coefficient (Wildman–Crippen LogP) is 3.16. The highest BCUT2D eigenvalue weighted by atomic mass is 16.6. The predicted molar refractivity (Wildman–Crippen MR) is 99.5 cm³/mol. The molecule has 2 aliphatic heterocycles. The molecule has 2 aliphatic rings. The fourth-order valence-corrected chi connectivity index (χ4v) is 4.05. The molecule has 1 N–H and O–H groups in total. The number of nitro benzene ring substituents is 1. The van der Waals surface area contributed by atoms with E-state index in [1.807, 2.05) is 16.7 Å². The fourth-order valence-electron chi connectivity index (χ4n) is 4.05. The van der Waals surface area contributed by atoms with Crippen molar-refractivity contribution in [3.63, 3.8) is 0 Å². The second-order valence-corrected chi connectivity index (χ2v) is 7.07. The van der Waals surface area contributed by atoms with Gasteiger partial charge in [0.2, 0.25) is 0 Å². The van der Waals surface area contributed by atoms with Crippen molar-refractivity contribution < 1.29 is 14.6 Å². The molecule has 0 saturated heterocycles. The molecule has 0 fully saturated rings. The lowest BCUT2D eigenvalue weighted by molar-refractivity contribution is -0.661. The summed E-state index contributed by atoms with van der Waals surface area (Å²) >= 11 is 0. The first-order valence-electron chi connectivity index (χ1n) is 8.94. The van der Waals surface area contributed by atoms with Crippen LogP contribution >= 0.6 is 0 Å². The number of amidine groups is 1. The minimum Gasteiger partial charge on any atom is -0.346 e. The highest BCUT2D eigenvalue weighted by molar-refractivity contribution is 5.96. The number of nitro groups is 1. The second-order valence-electron chi connectivity index (χ2n) is 7.07. The molecule has 4 rings (SSSR count). The van der Waals surface area contributed by atoms with Gasteiger partial charge in [-0.2, -0.15) is 0 Å². The van der Waals surface area contributed by atoms with Crippen LogP contribution in [-0.2, 0) is 5.72 Å². The van der Waals surface area contributed by atoms with Crippen molar-refractivity contribution in [3.8, 4) is 0 Å². The summed E-state index contributed by atoms with van der Waals surface area (Å²) in [6.07, 6.45) is 2.98. The Labute approximate surface area is 152 Å². The molecule has 6 heteroatoms. The van der Waals surface area contributed by atoms with Gasteiger partial charge >= 0.3 is 0 Å². The van der Waals surface area contributed by atoms with Crippen LogP contribution in [0, 0.1) is 17.0 Å². The average molecular weight is 352 g/mol. The molecule has 134 valence electrons. The summed E-state index contributed by atoms with van der Waals surface area (Å²) in [6.45, 7) is 3.17. The van der Waals surface area contributed by atoms with Crippen LogP contribution in [0.15, 0.2) is 48.5 Å². The molecule has 1 atom stereocenters. The highest BCUT2D eigenvalue weighted by Gasteiger charge is 2.52. The third-order valence-corrected chi connectivity index (χ3v) is 5.31. The van der Waals surface area contributed by atoms with Gasteiger partial charge in [0, 0.05) is 24.1 Å². The zero-order valence-corrected chi connectivity index (χ0v) is 14.8. The Kier molecular flexibility index (Phi) is 4.00. The van der Waals surface area contributed by atoms with Crippen LogP contribution < -0.4 is 4.90 Å². The van der Waals surface area contributed by atoms with Crippen molar-refractivity contribution in [3.05, 3.63) is 69.8 Å². The van der Waals surface area contributed by atoms with Gasteiger partial charge in [0.05, 0.1) is 11.5 Å². The summed E-state index contributed by atoms with van der Waals surface area (Å²) in [7, 11) is 0. The van der Waals surface area contributed by atoms with E-state index in [4.69, 9.17) is 0 Å². The number of nitrogens with zero attached hydrogens (tertiary/aromatic N) is 3. The normalized spacial score (nSPS) is 22.5. The molecule has 0 spiro atoms. The minimum atomic E-state index is -1.26. The molecular weight excluding hydrogens is 330 g/mol. The molecule has 6 nitrogen and oxygen atoms in total. The maximum Gasteiger partial charge on any atom is 0.271 e. The van der Waals surface area contributed by atoms with Gasteiger partial charge in [0.1, 0.15) is 5.69 Å². The van der Waals surface area contributed by atoms with Crippen LogP contribution in [0.25, 0.3) is 0 Å². The van der Waals surface area contributed by atoms with Crippen LogP contribution in [0.2, 0.25) is 0 Å². The van der Waals surface area contributed by atoms with E-state index in [9.17, 15) is 15.2 Å². The largest absolute Gasteiger partial charge is 0.346 e. The van der Waals surface area contributed by atoms with E-state index in [1.54, 1.807) is 12.1 Å². The zero-order valence-electron chi connectivity index (χ0n) is 14.8. The molecule has 0 amide bonds. The number of anilines is 1. The lowest BCUT2D eigenvalue weighted by Crippen LogP contribution is -2.41. The highest BCUT2D eigenvalue weighted by Crippen LogP contribution is 2.36. The Bertz CT molecular complexity index is 909. The van der Waals surface area contributed by atoms with E-state index in [-0.39, 0.29) is 5.69 Å². The third-order valence-electron chi connectivity index (χ3n) is 5.31. The van der Waals surface area contributed by atoms with E-state index in [0.717, 1.165) is 42.9 Å². The molecule has 0 aromatic heterocycles. The number of hydrogen-bond acceptors (Lipinski definition) is 4. The Morgan fingerprint density at radius 3 is 2.77 bits per heavy atom. The van der Waals surface area contributed by atoms with Gasteiger partial charge in [-0.3, -0.25) is 10.1 Å². The van der Waals surface area contributed by atoms with Gasteiger partial charge in [0.25, 0.3) is 17.2 Å². The smallest absolute Gasteiger partial charge is 0.271 e. The standard InChI is InChI=1S/C20H22N3O3/c1-15-6-4-8-17(12-15)21-14-20(24,22-11-3-2-10-19(21)22)16-7-5-9-18(13-16)23(25)26/h4-9,12-13,24H,2-3,10-11,14H2,1H3/q+1/t20-/m1/s1. The molecular formula is C20H22N3O3+. The SMILES string of the molecule is Cc1cccc(N2C[C@@](O)(c3cccc([N+](=O)[O-])c3)[N+]3=C2CCCC3)c1. The monoisotopic (exact) mass is 352 g/mol. The van der Waals surface area contributed by atoms with Crippen molar-refractivity contribution in [1.82, 2.24) is 0 Å². The lowest BCUT2D eigenvalue weighted by atomic mass is 10.0. The van der Waals surface area contributed by atoms with Gasteiger partial charge in [-0.15, -0.1) is 0 Å². The summed E-state index contributed by atoms with van der Waals surface area (Å²) in [6, 6.07) is 14.6. The van der Waals surface area contributed by atoms with Gasteiger partial charge in [0.15, 0.2) is 6.54 Å². The Hall–Kier alpha value is -2.73. The molecule has 0 aliphatic carbocycles. The van der Waals surface area contributed by atoms with Crippen molar-refractivity contribution in [2.75, 3.05) is 18.0 Å². The first-order valence-corrected chi connectivity index (χ1v) is 8.94. The van der Waals surface area contributed by atoms with E-state index in [2.05, 4.69) is 24.0 Å². The molecule has 0 unspecified atom stereocenters. The number of aliphatic hydroxyl groups is 1. The Balaban J connectivity index is 1.81. The summed E-state index contributed by atoms with van der Waals surface area (Å²) in [5, 5.41) is 22.8. The summed E-state index contributed by atoms with van der Waals surface area (Å²) in [5.74, 6) is 1.09. The Morgan fingerprint density at radius 1 is 1.19 bits per heavy atom. The fraction of sp³-hybridized carbons (Fsp3) is 0.350. The van der Waals surface area contributed by atoms with Crippen LogP contribution in [-0.4, -0.2) is 33.5 Å². The number of non-ortho nitro benzene ring substituents is 1. The summed E-state index contributed by atoms with van der Waals surface area (Å²) < 4.78 is 2.03. The summed E-state index contributed by atoms with van der Waals surface area (Å²) in [4.78, 5) is 12.9. The molecule has 2 aromatic rings. The summed E-state index contributed by atoms with van der Waals surface area (Å²) in [5.41, 5.74) is 1.53. The van der Waals surface area contributed by atoms with E-state index in [1.165, 1.54) is 12.1 Å². The maximum absolute atomic E-state index is 11.6. The van der Waals surface area contributed by atoms with Crippen LogP contribution in [0.3, 0.4) is 0 Å². The average Bonchev–Trinajstić information content (AvgIpc) is 2.96. The number of β-amino-alcohol motifs (C(OH)–C–C–N with tert-alkyl or cyclic N) is 1. The van der Waals surface area contributed by atoms with Crippen molar-refractivity contribution in [1.29, 1.82) is 0 Å². The third kappa shape index (κ3) is 2.66. The molecule has 0 saturated carbocycles. The van der Waals surface area contributed by atoms with E-state index >= 15 is 0 Å². The zero-order chi connectivity index (χ0) is 18.3.